The lowest BCUT2D eigenvalue weighted by molar-refractivity contribution is -0.142. The van der Waals surface area contributed by atoms with Crippen molar-refractivity contribution in [3.63, 3.8) is 0 Å². The minimum atomic E-state index is -0.715. The summed E-state index contributed by atoms with van der Waals surface area (Å²) in [7, 11) is 0. The van der Waals surface area contributed by atoms with Crippen molar-refractivity contribution in [1.82, 2.24) is 4.90 Å². The minimum Gasteiger partial charge on any atom is -0.480 e. The first-order valence-electron chi connectivity index (χ1n) is 8.24. The molecule has 2 aromatic carbocycles. The van der Waals surface area contributed by atoms with E-state index in [-0.39, 0.29) is 6.04 Å². The standard InChI is InChI=1S/C20H19NO2S/c22-20(23)18-9-4-11-21(18)19(15-10-12-24-13-15)17-8-3-6-14-5-1-2-7-16(14)17/h1-3,5-8,10,12-13,18-19H,4,9,11H2,(H,22,23). The third-order valence-electron chi connectivity index (χ3n) is 4.89. The molecule has 0 radical (unpaired) electrons. The second-order valence-corrected chi connectivity index (χ2v) is 7.04. The largest absolute Gasteiger partial charge is 0.480 e. The lowest BCUT2D eigenvalue weighted by atomic mass is 9.93. The van der Waals surface area contributed by atoms with Crippen LogP contribution in [0.25, 0.3) is 10.8 Å². The van der Waals surface area contributed by atoms with Crippen LogP contribution in [0.3, 0.4) is 0 Å². The molecule has 3 nitrogen and oxygen atoms in total. The number of benzene rings is 2. The summed E-state index contributed by atoms with van der Waals surface area (Å²) in [5, 5.41) is 16.3. The highest BCUT2D eigenvalue weighted by Gasteiger charge is 2.37. The summed E-state index contributed by atoms with van der Waals surface area (Å²) in [5.41, 5.74) is 2.38. The van der Waals surface area contributed by atoms with Crippen LogP contribution in [0, 0.1) is 0 Å². The highest BCUT2D eigenvalue weighted by Crippen LogP contribution is 2.38. The Hall–Kier alpha value is -2.17. The topological polar surface area (TPSA) is 40.5 Å². The average molecular weight is 337 g/mol. The third-order valence-corrected chi connectivity index (χ3v) is 5.59. The molecule has 24 heavy (non-hydrogen) atoms. The molecule has 1 aliphatic heterocycles. The predicted octanol–water partition coefficient (Wildman–Crippen LogP) is 4.54. The Bertz CT molecular complexity index is 854. The van der Waals surface area contributed by atoms with Crippen molar-refractivity contribution >= 4 is 28.1 Å². The molecule has 0 bridgehead atoms. The second-order valence-electron chi connectivity index (χ2n) is 6.26. The smallest absolute Gasteiger partial charge is 0.320 e. The number of carbonyl (C=O) groups is 1. The summed E-state index contributed by atoms with van der Waals surface area (Å²) in [4.78, 5) is 13.9. The van der Waals surface area contributed by atoms with Crippen LogP contribution in [0.4, 0.5) is 0 Å². The van der Waals surface area contributed by atoms with E-state index >= 15 is 0 Å². The highest BCUT2D eigenvalue weighted by atomic mass is 32.1. The van der Waals surface area contributed by atoms with Crippen LogP contribution in [0.15, 0.2) is 59.3 Å². The van der Waals surface area contributed by atoms with E-state index in [0.717, 1.165) is 19.4 Å². The number of nitrogens with zero attached hydrogens (tertiary/aromatic N) is 1. The summed E-state index contributed by atoms with van der Waals surface area (Å²) in [5.74, 6) is -0.715. The molecule has 0 aliphatic carbocycles. The third kappa shape index (κ3) is 2.62. The Kier molecular flexibility index (Phi) is 4.08. The number of carboxylic acid groups (broad SMARTS) is 1. The van der Waals surface area contributed by atoms with Crippen LogP contribution in [-0.2, 0) is 4.79 Å². The fourth-order valence-corrected chi connectivity index (χ4v) is 4.51. The van der Waals surface area contributed by atoms with Crippen molar-refractivity contribution < 1.29 is 9.90 Å². The Morgan fingerprint density at radius 1 is 1.17 bits per heavy atom. The number of hydrogen-bond donors (Lipinski definition) is 1. The second kappa shape index (κ2) is 6.38. The SMILES string of the molecule is O=C(O)C1CCCN1C(c1ccsc1)c1cccc2ccccc12. The zero-order valence-electron chi connectivity index (χ0n) is 13.3. The molecular weight excluding hydrogens is 318 g/mol. The lowest BCUT2D eigenvalue weighted by Gasteiger charge is -2.32. The van der Waals surface area contributed by atoms with Gasteiger partial charge in [0.05, 0.1) is 6.04 Å². The van der Waals surface area contributed by atoms with Gasteiger partial charge in [-0.2, -0.15) is 11.3 Å². The van der Waals surface area contributed by atoms with Gasteiger partial charge < -0.3 is 5.11 Å². The van der Waals surface area contributed by atoms with Crippen LogP contribution in [-0.4, -0.2) is 28.6 Å². The molecule has 2 atom stereocenters. The number of aliphatic carboxylic acids is 1. The van der Waals surface area contributed by atoms with Crippen LogP contribution in [0.2, 0.25) is 0 Å². The Morgan fingerprint density at radius 2 is 2.00 bits per heavy atom. The average Bonchev–Trinajstić information content (AvgIpc) is 3.27. The predicted molar refractivity (Wildman–Crippen MR) is 97.5 cm³/mol. The monoisotopic (exact) mass is 337 g/mol. The maximum atomic E-state index is 11.7. The molecule has 4 rings (SSSR count). The van der Waals surface area contributed by atoms with Crippen molar-refractivity contribution in [1.29, 1.82) is 0 Å². The molecule has 1 aromatic heterocycles. The van der Waals surface area contributed by atoms with Gasteiger partial charge in [-0.15, -0.1) is 0 Å². The van der Waals surface area contributed by atoms with E-state index < -0.39 is 12.0 Å². The molecule has 0 spiro atoms. The van der Waals surface area contributed by atoms with Gasteiger partial charge in [0.1, 0.15) is 6.04 Å². The first-order valence-corrected chi connectivity index (χ1v) is 9.18. The van der Waals surface area contributed by atoms with E-state index in [0.29, 0.717) is 0 Å². The molecule has 1 saturated heterocycles. The molecule has 1 N–H and O–H groups in total. The van der Waals surface area contributed by atoms with E-state index in [9.17, 15) is 9.90 Å². The van der Waals surface area contributed by atoms with Crippen LogP contribution >= 0.6 is 11.3 Å². The molecule has 0 saturated carbocycles. The number of likely N-dealkylation sites (tertiary alicyclic amines) is 1. The normalized spacial score (nSPS) is 19.6. The van der Waals surface area contributed by atoms with Gasteiger partial charge in [-0.1, -0.05) is 42.5 Å². The summed E-state index contributed by atoms with van der Waals surface area (Å²) in [6.07, 6.45) is 1.66. The number of thiophene rings is 1. The first-order chi connectivity index (χ1) is 11.8. The maximum Gasteiger partial charge on any atom is 0.320 e. The number of fused-ring (bicyclic) bond motifs is 1. The van der Waals surface area contributed by atoms with Gasteiger partial charge in [0.2, 0.25) is 0 Å². The van der Waals surface area contributed by atoms with Gasteiger partial charge in [-0.3, -0.25) is 9.69 Å². The van der Waals surface area contributed by atoms with Gasteiger partial charge in [-0.25, -0.2) is 0 Å². The van der Waals surface area contributed by atoms with E-state index in [2.05, 4.69) is 58.1 Å². The maximum absolute atomic E-state index is 11.7. The number of carboxylic acids is 1. The number of hydrogen-bond acceptors (Lipinski definition) is 3. The van der Waals surface area contributed by atoms with Crippen molar-refractivity contribution in [3.8, 4) is 0 Å². The molecule has 2 unspecified atom stereocenters. The molecule has 2 heterocycles. The quantitative estimate of drug-likeness (QED) is 0.760. The molecule has 1 aliphatic rings. The molecule has 3 aromatic rings. The molecular formula is C20H19NO2S. The van der Waals surface area contributed by atoms with E-state index in [1.165, 1.54) is 21.9 Å². The van der Waals surface area contributed by atoms with Crippen LogP contribution < -0.4 is 0 Å². The van der Waals surface area contributed by atoms with Crippen molar-refractivity contribution in [3.05, 3.63) is 70.4 Å². The fourth-order valence-electron chi connectivity index (χ4n) is 3.83. The highest BCUT2D eigenvalue weighted by molar-refractivity contribution is 7.08. The van der Waals surface area contributed by atoms with E-state index in [4.69, 9.17) is 0 Å². The van der Waals surface area contributed by atoms with Crippen molar-refractivity contribution in [2.24, 2.45) is 0 Å². The van der Waals surface area contributed by atoms with Crippen molar-refractivity contribution in [2.75, 3.05) is 6.54 Å². The Balaban J connectivity index is 1.89. The number of rotatable bonds is 4. The fraction of sp³-hybridized carbons (Fsp3) is 0.250. The van der Waals surface area contributed by atoms with Gasteiger partial charge in [0.15, 0.2) is 0 Å². The van der Waals surface area contributed by atoms with Gasteiger partial charge >= 0.3 is 5.97 Å². The Labute approximate surface area is 145 Å². The summed E-state index contributed by atoms with van der Waals surface area (Å²) < 4.78 is 0. The van der Waals surface area contributed by atoms with Gasteiger partial charge in [-0.05, 0) is 51.6 Å². The van der Waals surface area contributed by atoms with Gasteiger partial charge in [0.25, 0.3) is 0 Å². The van der Waals surface area contributed by atoms with E-state index in [1.54, 1.807) is 11.3 Å². The zero-order chi connectivity index (χ0) is 16.5. The molecule has 122 valence electrons. The minimum absolute atomic E-state index is 0.00838. The van der Waals surface area contributed by atoms with Crippen LogP contribution in [0.5, 0.6) is 0 Å². The Morgan fingerprint density at radius 3 is 2.79 bits per heavy atom. The molecule has 1 fully saturated rings. The zero-order valence-corrected chi connectivity index (χ0v) is 14.1. The summed E-state index contributed by atoms with van der Waals surface area (Å²) >= 11 is 1.66. The first kappa shape index (κ1) is 15.4. The lowest BCUT2D eigenvalue weighted by Crippen LogP contribution is -2.39. The van der Waals surface area contributed by atoms with Gasteiger partial charge in [0, 0.05) is 6.54 Å². The molecule has 4 heteroatoms. The van der Waals surface area contributed by atoms with E-state index in [1.807, 2.05) is 6.07 Å². The van der Waals surface area contributed by atoms with Crippen LogP contribution in [0.1, 0.15) is 30.0 Å². The summed E-state index contributed by atoms with van der Waals surface area (Å²) in [6, 6.07) is 16.4. The van der Waals surface area contributed by atoms with Crippen molar-refractivity contribution in [2.45, 2.75) is 24.9 Å². The molecule has 0 amide bonds. The summed E-state index contributed by atoms with van der Waals surface area (Å²) in [6.45, 7) is 0.820.